The topological polar surface area (TPSA) is 49.3 Å². The Balaban J connectivity index is 2.51. The van der Waals surface area contributed by atoms with E-state index in [2.05, 4.69) is 5.32 Å². The average Bonchev–Trinajstić information content (AvgIpc) is 2.17. The van der Waals surface area contributed by atoms with Crippen LogP contribution < -0.4 is 5.32 Å². The molecule has 0 amide bonds. The first-order valence-electron chi connectivity index (χ1n) is 4.48. The predicted octanol–water partition coefficient (Wildman–Crippen LogP) is 1.88. The summed E-state index contributed by atoms with van der Waals surface area (Å²) >= 11 is 0. The lowest BCUT2D eigenvalue weighted by atomic mass is 10.0. The second-order valence-corrected chi connectivity index (χ2v) is 3.33. The van der Waals surface area contributed by atoms with Crippen molar-refractivity contribution in [2.24, 2.45) is 0 Å². The van der Waals surface area contributed by atoms with Crippen molar-refractivity contribution in [2.45, 2.75) is 12.8 Å². The summed E-state index contributed by atoms with van der Waals surface area (Å²) in [6, 6.07) is 2.59. The van der Waals surface area contributed by atoms with Crippen molar-refractivity contribution in [3.63, 3.8) is 0 Å². The van der Waals surface area contributed by atoms with Crippen LogP contribution in [-0.4, -0.2) is 17.6 Å². The molecule has 0 bridgehead atoms. The van der Waals surface area contributed by atoms with Gasteiger partial charge in [-0.15, -0.1) is 0 Å². The van der Waals surface area contributed by atoms with Gasteiger partial charge in [-0.2, -0.15) is 0 Å². The lowest BCUT2D eigenvalue weighted by Gasteiger charge is -2.18. The van der Waals surface area contributed by atoms with Gasteiger partial charge >= 0.3 is 5.97 Å². The molecule has 0 saturated carbocycles. The molecule has 4 heteroatoms. The molecule has 0 spiro atoms. The zero-order valence-corrected chi connectivity index (χ0v) is 7.51. The number of hydrogen-bond acceptors (Lipinski definition) is 2. The minimum absolute atomic E-state index is 0.0185. The summed E-state index contributed by atoms with van der Waals surface area (Å²) < 4.78 is 13.4. The number of carboxylic acid groups (broad SMARTS) is 1. The molecule has 0 saturated heterocycles. The molecule has 0 aliphatic carbocycles. The molecule has 0 atom stereocenters. The predicted molar refractivity (Wildman–Crippen MR) is 50.2 cm³/mol. The number of benzene rings is 1. The summed E-state index contributed by atoms with van der Waals surface area (Å²) in [6.45, 7) is 0.746. The molecule has 14 heavy (non-hydrogen) atoms. The maximum Gasteiger partial charge on any atom is 0.335 e. The molecule has 74 valence electrons. The summed E-state index contributed by atoms with van der Waals surface area (Å²) in [6.07, 6.45) is 1.65. The monoisotopic (exact) mass is 195 g/mol. The summed E-state index contributed by atoms with van der Waals surface area (Å²) in [4.78, 5) is 10.7. The van der Waals surface area contributed by atoms with E-state index in [9.17, 15) is 9.18 Å². The number of aromatic carboxylic acids is 1. The molecule has 0 unspecified atom stereocenters. The van der Waals surface area contributed by atoms with E-state index in [4.69, 9.17) is 5.11 Å². The number of carbonyl (C=O) groups is 1. The van der Waals surface area contributed by atoms with E-state index >= 15 is 0 Å². The Bertz CT molecular complexity index is 390. The highest BCUT2D eigenvalue weighted by Crippen LogP contribution is 2.26. The number of hydrogen-bond donors (Lipinski definition) is 2. The molecule has 2 N–H and O–H groups in total. The van der Waals surface area contributed by atoms with Gasteiger partial charge in [0, 0.05) is 6.54 Å². The van der Waals surface area contributed by atoms with Gasteiger partial charge in [-0.3, -0.25) is 0 Å². The van der Waals surface area contributed by atoms with Crippen LogP contribution in [0.1, 0.15) is 22.3 Å². The van der Waals surface area contributed by atoms with Crippen LogP contribution in [0.5, 0.6) is 0 Å². The average molecular weight is 195 g/mol. The zero-order valence-electron chi connectivity index (χ0n) is 7.51. The van der Waals surface area contributed by atoms with Crippen molar-refractivity contribution in [1.82, 2.24) is 0 Å². The minimum atomic E-state index is -1.09. The Labute approximate surface area is 80.6 Å². The van der Waals surface area contributed by atoms with Crippen molar-refractivity contribution in [2.75, 3.05) is 11.9 Å². The molecular weight excluding hydrogens is 185 g/mol. The highest BCUT2D eigenvalue weighted by molar-refractivity contribution is 5.88. The molecule has 0 radical (unpaired) electrons. The largest absolute Gasteiger partial charge is 0.478 e. The zero-order chi connectivity index (χ0) is 10.1. The van der Waals surface area contributed by atoms with E-state index in [1.54, 1.807) is 0 Å². The van der Waals surface area contributed by atoms with Crippen LogP contribution in [0.3, 0.4) is 0 Å². The van der Waals surface area contributed by atoms with Gasteiger partial charge in [0.1, 0.15) is 5.82 Å². The smallest absolute Gasteiger partial charge is 0.335 e. The molecule has 1 aromatic carbocycles. The summed E-state index contributed by atoms with van der Waals surface area (Å²) in [5.41, 5.74) is 1.24. The van der Waals surface area contributed by atoms with Gasteiger partial charge in [-0.05, 0) is 30.5 Å². The quantitative estimate of drug-likeness (QED) is 0.719. The molecule has 1 aliphatic heterocycles. The van der Waals surface area contributed by atoms with Gasteiger partial charge in [-0.1, -0.05) is 0 Å². The van der Waals surface area contributed by atoms with Crippen LogP contribution in [0, 0.1) is 5.82 Å². The summed E-state index contributed by atoms with van der Waals surface area (Å²) in [5.74, 6) is -1.56. The van der Waals surface area contributed by atoms with Gasteiger partial charge in [-0.25, -0.2) is 9.18 Å². The number of halogens is 1. The third-order valence-electron chi connectivity index (χ3n) is 2.34. The standard InChI is InChI=1S/C10H10FNO2/c11-8-5-7(10(13)14)4-6-2-1-3-12-9(6)8/h4-5,12H,1-3H2,(H,13,14). The third-order valence-corrected chi connectivity index (χ3v) is 2.34. The number of carboxylic acids is 1. The number of nitrogens with one attached hydrogen (secondary N) is 1. The van der Waals surface area contributed by atoms with E-state index in [1.807, 2.05) is 0 Å². The van der Waals surface area contributed by atoms with Gasteiger partial charge in [0.05, 0.1) is 11.3 Å². The van der Waals surface area contributed by atoms with Gasteiger partial charge in [0.15, 0.2) is 0 Å². The van der Waals surface area contributed by atoms with Crippen LogP contribution >= 0.6 is 0 Å². The molecule has 1 aliphatic rings. The van der Waals surface area contributed by atoms with Crippen molar-refractivity contribution < 1.29 is 14.3 Å². The number of fused-ring (bicyclic) bond motifs is 1. The van der Waals surface area contributed by atoms with Crippen LogP contribution in [0.4, 0.5) is 10.1 Å². The molecular formula is C10H10FNO2. The lowest BCUT2D eigenvalue weighted by Crippen LogP contribution is -2.14. The summed E-state index contributed by atoms with van der Waals surface area (Å²) in [5, 5.41) is 11.7. The van der Waals surface area contributed by atoms with E-state index in [0.29, 0.717) is 5.69 Å². The number of aryl methyl sites for hydroxylation is 1. The van der Waals surface area contributed by atoms with Gasteiger partial charge < -0.3 is 10.4 Å². The van der Waals surface area contributed by atoms with Crippen LogP contribution in [0.15, 0.2) is 12.1 Å². The molecule has 1 aromatic rings. The van der Waals surface area contributed by atoms with E-state index in [1.165, 1.54) is 6.07 Å². The van der Waals surface area contributed by atoms with Crippen LogP contribution in [0.2, 0.25) is 0 Å². The maximum atomic E-state index is 13.4. The highest BCUT2D eigenvalue weighted by atomic mass is 19.1. The number of rotatable bonds is 1. The maximum absolute atomic E-state index is 13.4. The SMILES string of the molecule is O=C(O)c1cc(F)c2c(c1)CCCN2. The minimum Gasteiger partial charge on any atom is -0.478 e. The Kier molecular flexibility index (Phi) is 2.11. The normalized spacial score (nSPS) is 14.4. The van der Waals surface area contributed by atoms with Crippen LogP contribution in [0.25, 0.3) is 0 Å². The Morgan fingerprint density at radius 3 is 3.00 bits per heavy atom. The molecule has 0 aromatic heterocycles. The highest BCUT2D eigenvalue weighted by Gasteiger charge is 2.16. The Hall–Kier alpha value is -1.58. The van der Waals surface area contributed by atoms with Gasteiger partial charge in [0.25, 0.3) is 0 Å². The fraction of sp³-hybridized carbons (Fsp3) is 0.300. The summed E-state index contributed by atoms with van der Waals surface area (Å²) in [7, 11) is 0. The molecule has 1 heterocycles. The second kappa shape index (κ2) is 3.29. The lowest BCUT2D eigenvalue weighted by molar-refractivity contribution is 0.0696. The van der Waals surface area contributed by atoms with E-state index in [0.717, 1.165) is 31.0 Å². The fourth-order valence-corrected chi connectivity index (χ4v) is 1.67. The van der Waals surface area contributed by atoms with Crippen molar-refractivity contribution in [3.8, 4) is 0 Å². The van der Waals surface area contributed by atoms with E-state index in [-0.39, 0.29) is 5.56 Å². The van der Waals surface area contributed by atoms with Crippen LogP contribution in [-0.2, 0) is 6.42 Å². The first kappa shape index (κ1) is 8.99. The van der Waals surface area contributed by atoms with Crippen molar-refractivity contribution in [3.05, 3.63) is 29.1 Å². The van der Waals surface area contributed by atoms with Crippen molar-refractivity contribution in [1.29, 1.82) is 0 Å². The van der Waals surface area contributed by atoms with E-state index < -0.39 is 11.8 Å². The Morgan fingerprint density at radius 2 is 2.29 bits per heavy atom. The molecule has 2 rings (SSSR count). The van der Waals surface area contributed by atoms with Gasteiger partial charge in [0.2, 0.25) is 0 Å². The molecule has 3 nitrogen and oxygen atoms in total. The second-order valence-electron chi connectivity index (χ2n) is 3.33. The third kappa shape index (κ3) is 1.43. The Morgan fingerprint density at radius 1 is 1.50 bits per heavy atom. The number of anilines is 1. The molecule has 0 fully saturated rings. The first-order chi connectivity index (χ1) is 6.68. The first-order valence-corrected chi connectivity index (χ1v) is 4.48. The fourth-order valence-electron chi connectivity index (χ4n) is 1.67. The van der Waals surface area contributed by atoms with Crippen molar-refractivity contribution >= 4 is 11.7 Å².